The van der Waals surface area contributed by atoms with Crippen LogP contribution < -0.4 is 5.32 Å². The summed E-state index contributed by atoms with van der Waals surface area (Å²) in [5, 5.41) is 5.40. The molecule has 2 aromatic carbocycles. The van der Waals surface area contributed by atoms with Crippen LogP contribution in [-0.4, -0.2) is 49.9 Å². The van der Waals surface area contributed by atoms with Gasteiger partial charge >= 0.3 is 0 Å². The maximum Gasteiger partial charge on any atom is 0.271 e. The van der Waals surface area contributed by atoms with Crippen molar-refractivity contribution in [2.45, 2.75) is 24.8 Å². The number of nitrogens with one attached hydrogen (secondary N) is 1. The van der Waals surface area contributed by atoms with Gasteiger partial charge < -0.3 is 10.1 Å². The van der Waals surface area contributed by atoms with Crippen molar-refractivity contribution in [1.29, 1.82) is 0 Å². The number of ether oxygens (including phenoxy) is 1. The minimum atomic E-state index is -3.52. The molecule has 32 heavy (non-hydrogen) atoms. The van der Waals surface area contributed by atoms with Crippen LogP contribution in [0.2, 0.25) is 0 Å². The molecule has 7 nitrogen and oxygen atoms in total. The van der Waals surface area contributed by atoms with E-state index in [1.807, 2.05) is 12.1 Å². The van der Waals surface area contributed by atoms with Crippen LogP contribution in [0, 0.1) is 0 Å². The monoisotopic (exact) mass is 471 g/mol. The zero-order valence-corrected chi connectivity index (χ0v) is 19.4. The van der Waals surface area contributed by atoms with E-state index in [0.29, 0.717) is 32.0 Å². The first-order valence-electron chi connectivity index (χ1n) is 10.5. The highest BCUT2D eigenvalue weighted by Crippen LogP contribution is 2.24. The molecule has 0 atom stereocenters. The molecule has 1 saturated heterocycles. The van der Waals surface area contributed by atoms with Crippen molar-refractivity contribution in [1.82, 2.24) is 14.6 Å². The number of hydrogen-bond acceptors (Lipinski definition) is 6. The van der Waals surface area contributed by atoms with Crippen LogP contribution in [0.1, 0.15) is 28.5 Å². The van der Waals surface area contributed by atoms with E-state index in [4.69, 9.17) is 4.74 Å². The smallest absolute Gasteiger partial charge is 0.271 e. The lowest BCUT2D eigenvalue weighted by Gasteiger charge is -2.26. The molecular formula is C23H25N3O4S2. The molecule has 1 fully saturated rings. The normalized spacial score (nSPS) is 14.9. The number of thiazole rings is 1. The standard InChI is InChI=1S/C23H25N3O4S2/c1-2-17-3-7-19(8-4-17)23-25-21(16-31-23)22(27)24-15-18-5-9-20(10-6-18)32(28,29)26-11-13-30-14-12-26/h3-10,16H,2,11-15H2,1H3,(H,24,27). The van der Waals surface area contributed by atoms with Crippen molar-refractivity contribution in [3.63, 3.8) is 0 Å². The number of nitrogens with zero attached hydrogens (tertiary/aromatic N) is 2. The summed E-state index contributed by atoms with van der Waals surface area (Å²) in [5.74, 6) is -0.261. The van der Waals surface area contributed by atoms with Crippen LogP contribution in [0.25, 0.3) is 10.6 Å². The first-order chi connectivity index (χ1) is 15.5. The lowest BCUT2D eigenvalue weighted by molar-refractivity contribution is 0.0730. The Hall–Kier alpha value is -2.59. The van der Waals surface area contributed by atoms with Gasteiger partial charge in [0.2, 0.25) is 10.0 Å². The van der Waals surface area contributed by atoms with E-state index >= 15 is 0 Å². The Morgan fingerprint density at radius 3 is 2.38 bits per heavy atom. The minimum absolute atomic E-state index is 0.243. The molecular weight excluding hydrogens is 446 g/mol. The van der Waals surface area contributed by atoms with Crippen LogP contribution >= 0.6 is 11.3 Å². The average molecular weight is 472 g/mol. The molecule has 1 aromatic heterocycles. The molecule has 0 unspecified atom stereocenters. The second kappa shape index (κ2) is 9.91. The predicted octanol–water partition coefficient (Wildman–Crippen LogP) is 3.32. The molecule has 9 heteroatoms. The van der Waals surface area contributed by atoms with E-state index in [1.54, 1.807) is 29.6 Å². The van der Waals surface area contributed by atoms with Crippen LogP contribution in [-0.2, 0) is 27.7 Å². The molecule has 0 saturated carbocycles. The predicted molar refractivity (Wildman–Crippen MR) is 124 cm³/mol. The van der Waals surface area contributed by atoms with Gasteiger partial charge in [0.25, 0.3) is 5.91 Å². The van der Waals surface area contributed by atoms with E-state index in [1.165, 1.54) is 21.2 Å². The van der Waals surface area contributed by atoms with Gasteiger partial charge in [-0.15, -0.1) is 11.3 Å². The summed E-state index contributed by atoms with van der Waals surface area (Å²) in [6.07, 6.45) is 0.978. The molecule has 0 radical (unpaired) electrons. The Labute approximate surface area is 192 Å². The van der Waals surface area contributed by atoms with E-state index in [2.05, 4.69) is 29.4 Å². The fourth-order valence-corrected chi connectivity index (χ4v) is 5.60. The molecule has 0 bridgehead atoms. The maximum atomic E-state index is 12.7. The number of aryl methyl sites for hydroxylation is 1. The Morgan fingerprint density at radius 1 is 1.06 bits per heavy atom. The number of carbonyl (C=O) groups excluding carboxylic acids is 1. The molecule has 2 heterocycles. The summed E-state index contributed by atoms with van der Waals surface area (Å²) in [5.41, 5.74) is 3.43. The number of amides is 1. The lowest BCUT2D eigenvalue weighted by atomic mass is 10.1. The van der Waals surface area contributed by atoms with Crippen LogP contribution in [0.3, 0.4) is 0 Å². The number of sulfonamides is 1. The van der Waals surface area contributed by atoms with E-state index in [0.717, 1.165) is 22.6 Å². The first kappa shape index (κ1) is 22.6. The summed E-state index contributed by atoms with van der Waals surface area (Å²) in [6.45, 7) is 3.93. The van der Waals surface area contributed by atoms with Gasteiger partial charge in [0.15, 0.2) is 0 Å². The molecule has 1 aliphatic rings. The number of benzene rings is 2. The largest absolute Gasteiger partial charge is 0.379 e. The first-order valence-corrected chi connectivity index (χ1v) is 12.8. The van der Waals surface area contributed by atoms with Crippen molar-refractivity contribution in [3.05, 3.63) is 70.7 Å². The molecule has 1 N–H and O–H groups in total. The van der Waals surface area contributed by atoms with E-state index in [9.17, 15) is 13.2 Å². The summed E-state index contributed by atoms with van der Waals surface area (Å²) < 4.78 is 32.1. The number of carbonyl (C=O) groups is 1. The van der Waals surface area contributed by atoms with Gasteiger partial charge in [0, 0.05) is 30.6 Å². The molecule has 0 aliphatic carbocycles. The zero-order chi connectivity index (χ0) is 22.6. The summed E-state index contributed by atoms with van der Waals surface area (Å²) in [6, 6.07) is 14.8. The maximum absolute atomic E-state index is 12.7. The fourth-order valence-electron chi connectivity index (χ4n) is 3.38. The van der Waals surface area contributed by atoms with Gasteiger partial charge in [-0.3, -0.25) is 4.79 Å². The van der Waals surface area contributed by atoms with Crippen molar-refractivity contribution >= 4 is 27.3 Å². The zero-order valence-electron chi connectivity index (χ0n) is 17.8. The average Bonchev–Trinajstić information content (AvgIpc) is 3.34. The lowest BCUT2D eigenvalue weighted by Crippen LogP contribution is -2.40. The second-order valence-corrected chi connectivity index (χ2v) is 10.2. The molecule has 3 aromatic rings. The second-order valence-electron chi connectivity index (χ2n) is 7.43. The van der Waals surface area contributed by atoms with Crippen LogP contribution in [0.5, 0.6) is 0 Å². The number of rotatable bonds is 7. The summed E-state index contributed by atoms with van der Waals surface area (Å²) in [7, 11) is -3.52. The summed E-state index contributed by atoms with van der Waals surface area (Å²) in [4.78, 5) is 17.2. The third-order valence-corrected chi connectivity index (χ3v) is 8.13. The number of aromatic nitrogens is 1. The van der Waals surface area contributed by atoms with Gasteiger partial charge in [-0.1, -0.05) is 43.3 Å². The highest BCUT2D eigenvalue weighted by atomic mass is 32.2. The highest BCUT2D eigenvalue weighted by Gasteiger charge is 2.26. The number of hydrogen-bond donors (Lipinski definition) is 1. The molecule has 1 aliphatic heterocycles. The quantitative estimate of drug-likeness (QED) is 0.571. The van der Waals surface area contributed by atoms with Gasteiger partial charge in [-0.25, -0.2) is 13.4 Å². The summed E-state index contributed by atoms with van der Waals surface area (Å²) >= 11 is 1.43. The van der Waals surface area contributed by atoms with Gasteiger partial charge in [-0.05, 0) is 29.7 Å². The molecule has 4 rings (SSSR count). The van der Waals surface area contributed by atoms with Gasteiger partial charge in [-0.2, -0.15) is 4.31 Å². The van der Waals surface area contributed by atoms with Crippen LogP contribution in [0.4, 0.5) is 0 Å². The van der Waals surface area contributed by atoms with Crippen molar-refractivity contribution in [2.24, 2.45) is 0 Å². The third-order valence-electron chi connectivity index (χ3n) is 5.33. The highest BCUT2D eigenvalue weighted by molar-refractivity contribution is 7.89. The third kappa shape index (κ3) is 5.07. The van der Waals surface area contributed by atoms with Gasteiger partial charge in [0.05, 0.1) is 18.1 Å². The molecule has 0 spiro atoms. The number of morpholine rings is 1. The van der Waals surface area contributed by atoms with Crippen molar-refractivity contribution < 1.29 is 17.9 Å². The molecule has 1 amide bonds. The Kier molecular flexibility index (Phi) is 7.00. The van der Waals surface area contributed by atoms with Gasteiger partial charge in [0.1, 0.15) is 10.7 Å². The topological polar surface area (TPSA) is 88.6 Å². The molecule has 168 valence electrons. The van der Waals surface area contributed by atoms with Crippen LogP contribution in [0.15, 0.2) is 58.8 Å². The van der Waals surface area contributed by atoms with Crippen molar-refractivity contribution in [3.8, 4) is 10.6 Å². The van der Waals surface area contributed by atoms with E-state index in [-0.39, 0.29) is 17.3 Å². The fraction of sp³-hybridized carbons (Fsp3) is 0.304. The van der Waals surface area contributed by atoms with E-state index < -0.39 is 10.0 Å². The Bertz CT molecular complexity index is 1170. The Morgan fingerprint density at radius 2 is 1.72 bits per heavy atom. The Balaban J connectivity index is 1.36. The SMILES string of the molecule is CCc1ccc(-c2nc(C(=O)NCc3ccc(S(=O)(=O)N4CCOCC4)cc3)cs2)cc1. The minimum Gasteiger partial charge on any atom is -0.379 e. The van der Waals surface area contributed by atoms with Crippen molar-refractivity contribution in [2.75, 3.05) is 26.3 Å².